The van der Waals surface area contributed by atoms with Crippen LogP contribution in [0.15, 0.2) is 46.9 Å². The average molecular weight is 426 g/mol. The SMILES string of the molecule is O=C(c1ccc(Cl)cc1)N1CCN(C(=O)c2cc(Br)ccc2F)CC1. The second kappa shape index (κ2) is 7.54. The molecular weight excluding hydrogens is 411 g/mol. The quantitative estimate of drug-likeness (QED) is 0.733. The summed E-state index contributed by atoms with van der Waals surface area (Å²) in [5, 5.41) is 0.572. The Kier molecular flexibility index (Phi) is 5.39. The molecule has 1 fully saturated rings. The highest BCUT2D eigenvalue weighted by molar-refractivity contribution is 9.10. The smallest absolute Gasteiger partial charge is 0.256 e. The fourth-order valence-electron chi connectivity index (χ4n) is 2.72. The molecule has 0 spiro atoms. The molecule has 7 heteroatoms. The third-order valence-corrected chi connectivity index (χ3v) is 4.85. The molecule has 0 N–H and O–H groups in total. The number of hydrogen-bond donors (Lipinski definition) is 0. The Bertz CT molecular complexity index is 805. The summed E-state index contributed by atoms with van der Waals surface area (Å²) in [6, 6.07) is 11.0. The van der Waals surface area contributed by atoms with E-state index in [-0.39, 0.29) is 17.4 Å². The van der Waals surface area contributed by atoms with Crippen molar-refractivity contribution in [3.63, 3.8) is 0 Å². The van der Waals surface area contributed by atoms with Gasteiger partial charge in [0.15, 0.2) is 0 Å². The van der Waals surface area contributed by atoms with Crippen molar-refractivity contribution in [1.82, 2.24) is 9.80 Å². The molecule has 2 aromatic carbocycles. The van der Waals surface area contributed by atoms with E-state index in [9.17, 15) is 14.0 Å². The van der Waals surface area contributed by atoms with Gasteiger partial charge in [0.05, 0.1) is 5.56 Å². The topological polar surface area (TPSA) is 40.6 Å². The van der Waals surface area contributed by atoms with Gasteiger partial charge < -0.3 is 9.80 Å². The lowest BCUT2D eigenvalue weighted by molar-refractivity contribution is 0.0533. The van der Waals surface area contributed by atoms with Crippen LogP contribution in [0.2, 0.25) is 5.02 Å². The van der Waals surface area contributed by atoms with Crippen molar-refractivity contribution < 1.29 is 14.0 Å². The summed E-state index contributed by atoms with van der Waals surface area (Å²) in [6.45, 7) is 1.54. The monoisotopic (exact) mass is 424 g/mol. The van der Waals surface area contributed by atoms with Gasteiger partial charge in [-0.1, -0.05) is 27.5 Å². The summed E-state index contributed by atoms with van der Waals surface area (Å²) in [5.41, 5.74) is 0.592. The van der Waals surface area contributed by atoms with E-state index in [0.29, 0.717) is 41.2 Å². The number of hydrogen-bond acceptors (Lipinski definition) is 2. The number of halogens is 3. The van der Waals surface area contributed by atoms with Crippen LogP contribution in [0.25, 0.3) is 0 Å². The second-order valence-corrected chi connectivity index (χ2v) is 7.07. The third-order valence-electron chi connectivity index (χ3n) is 4.10. The molecule has 0 unspecified atom stereocenters. The van der Waals surface area contributed by atoms with Gasteiger partial charge in [-0.15, -0.1) is 0 Å². The van der Waals surface area contributed by atoms with Crippen LogP contribution >= 0.6 is 27.5 Å². The van der Waals surface area contributed by atoms with E-state index >= 15 is 0 Å². The van der Waals surface area contributed by atoms with Crippen LogP contribution in [-0.4, -0.2) is 47.8 Å². The molecule has 1 saturated heterocycles. The van der Waals surface area contributed by atoms with Crippen LogP contribution in [0.4, 0.5) is 4.39 Å². The highest BCUT2D eigenvalue weighted by Crippen LogP contribution is 2.19. The maximum Gasteiger partial charge on any atom is 0.256 e. The van der Waals surface area contributed by atoms with Gasteiger partial charge in [0.1, 0.15) is 5.82 Å². The third kappa shape index (κ3) is 4.02. The molecule has 3 rings (SSSR count). The molecule has 2 amide bonds. The van der Waals surface area contributed by atoms with E-state index in [2.05, 4.69) is 15.9 Å². The molecule has 0 bridgehead atoms. The van der Waals surface area contributed by atoms with Crippen molar-refractivity contribution in [2.24, 2.45) is 0 Å². The Morgan fingerprint density at radius 3 is 2.08 bits per heavy atom. The fraction of sp³-hybridized carbons (Fsp3) is 0.222. The normalized spacial score (nSPS) is 14.5. The summed E-state index contributed by atoms with van der Waals surface area (Å²) < 4.78 is 14.5. The first-order chi connectivity index (χ1) is 12.0. The van der Waals surface area contributed by atoms with Crippen LogP contribution < -0.4 is 0 Å². The summed E-state index contributed by atoms with van der Waals surface area (Å²) in [4.78, 5) is 28.2. The van der Waals surface area contributed by atoms with Crippen molar-refractivity contribution in [3.05, 3.63) is 68.9 Å². The van der Waals surface area contributed by atoms with Crippen molar-refractivity contribution in [2.45, 2.75) is 0 Å². The van der Waals surface area contributed by atoms with Crippen molar-refractivity contribution >= 4 is 39.3 Å². The van der Waals surface area contributed by atoms with Gasteiger partial charge >= 0.3 is 0 Å². The molecule has 0 radical (unpaired) electrons. The number of benzene rings is 2. The van der Waals surface area contributed by atoms with Gasteiger partial charge in [-0.25, -0.2) is 4.39 Å². The van der Waals surface area contributed by atoms with Crippen molar-refractivity contribution in [2.75, 3.05) is 26.2 Å². The lowest BCUT2D eigenvalue weighted by atomic mass is 10.1. The van der Waals surface area contributed by atoms with Gasteiger partial charge in [-0.2, -0.15) is 0 Å². The lowest BCUT2D eigenvalue weighted by Gasteiger charge is -2.35. The standard InChI is InChI=1S/C18H15BrClFN2O2/c19-13-3-6-16(21)15(11-13)18(25)23-9-7-22(8-10-23)17(24)12-1-4-14(20)5-2-12/h1-6,11H,7-10H2. The molecule has 4 nitrogen and oxygen atoms in total. The molecule has 25 heavy (non-hydrogen) atoms. The molecule has 0 aromatic heterocycles. The highest BCUT2D eigenvalue weighted by atomic mass is 79.9. The van der Waals surface area contributed by atoms with Crippen LogP contribution in [0.5, 0.6) is 0 Å². The fourth-order valence-corrected chi connectivity index (χ4v) is 3.21. The summed E-state index contributed by atoms with van der Waals surface area (Å²) in [5.74, 6) is -1.01. The Morgan fingerprint density at radius 1 is 0.920 bits per heavy atom. The van der Waals surface area contributed by atoms with Crippen molar-refractivity contribution in [3.8, 4) is 0 Å². The number of carbonyl (C=O) groups is 2. The molecule has 1 aliphatic heterocycles. The Labute approximate surface area is 158 Å². The van der Waals surface area contributed by atoms with E-state index in [1.807, 2.05) is 0 Å². The molecule has 130 valence electrons. The molecule has 2 aromatic rings. The minimum absolute atomic E-state index is 0.0341. The molecule has 1 aliphatic rings. The van der Waals surface area contributed by atoms with Crippen LogP contribution in [-0.2, 0) is 0 Å². The van der Waals surface area contributed by atoms with Gasteiger partial charge in [0, 0.05) is 41.2 Å². The summed E-state index contributed by atoms with van der Waals surface area (Å²) in [6.07, 6.45) is 0. The van der Waals surface area contributed by atoms with E-state index in [0.717, 1.165) is 0 Å². The largest absolute Gasteiger partial charge is 0.335 e. The first-order valence-corrected chi connectivity index (χ1v) is 8.92. The average Bonchev–Trinajstić information content (AvgIpc) is 2.63. The maximum absolute atomic E-state index is 13.9. The zero-order valence-corrected chi connectivity index (χ0v) is 15.6. The highest BCUT2D eigenvalue weighted by Gasteiger charge is 2.26. The number of carbonyl (C=O) groups excluding carboxylic acids is 2. The minimum atomic E-state index is -0.548. The van der Waals surface area contributed by atoms with Gasteiger partial charge in [0.25, 0.3) is 11.8 Å². The van der Waals surface area contributed by atoms with E-state index in [1.54, 1.807) is 40.1 Å². The first-order valence-electron chi connectivity index (χ1n) is 7.75. The van der Waals surface area contributed by atoms with Gasteiger partial charge in [-0.3, -0.25) is 9.59 Å². The van der Waals surface area contributed by atoms with Crippen LogP contribution in [0.1, 0.15) is 20.7 Å². The molecule has 0 aliphatic carbocycles. The summed E-state index contributed by atoms with van der Waals surface area (Å²) in [7, 11) is 0. The summed E-state index contributed by atoms with van der Waals surface area (Å²) >= 11 is 9.08. The Hall–Kier alpha value is -1.92. The zero-order chi connectivity index (χ0) is 18.0. The molecular formula is C18H15BrClFN2O2. The van der Waals surface area contributed by atoms with E-state index in [1.165, 1.54) is 12.1 Å². The first kappa shape index (κ1) is 17.9. The van der Waals surface area contributed by atoms with E-state index < -0.39 is 5.82 Å². The molecule has 0 atom stereocenters. The number of piperazine rings is 1. The van der Waals surface area contributed by atoms with Crippen LogP contribution in [0.3, 0.4) is 0 Å². The second-order valence-electron chi connectivity index (χ2n) is 5.72. The van der Waals surface area contributed by atoms with Gasteiger partial charge in [0.2, 0.25) is 0 Å². The Balaban J connectivity index is 1.65. The van der Waals surface area contributed by atoms with Crippen LogP contribution in [0, 0.1) is 5.82 Å². The van der Waals surface area contributed by atoms with Crippen molar-refractivity contribution in [1.29, 1.82) is 0 Å². The number of nitrogens with zero attached hydrogens (tertiary/aromatic N) is 2. The molecule has 1 heterocycles. The minimum Gasteiger partial charge on any atom is -0.335 e. The molecule has 0 saturated carbocycles. The maximum atomic E-state index is 13.9. The Morgan fingerprint density at radius 2 is 1.48 bits per heavy atom. The number of amides is 2. The van der Waals surface area contributed by atoms with E-state index in [4.69, 9.17) is 11.6 Å². The predicted octanol–water partition coefficient (Wildman–Crippen LogP) is 3.84. The zero-order valence-electron chi connectivity index (χ0n) is 13.2. The number of rotatable bonds is 2. The predicted molar refractivity (Wildman–Crippen MR) is 97.4 cm³/mol. The lowest BCUT2D eigenvalue weighted by Crippen LogP contribution is -2.50. The van der Waals surface area contributed by atoms with Gasteiger partial charge in [-0.05, 0) is 42.5 Å².